The smallest absolute Gasteiger partial charge is 0.245 e. The van der Waals surface area contributed by atoms with Gasteiger partial charge in [0.2, 0.25) is 5.88 Å². The average molecular weight is 430 g/mol. The molecule has 8 nitrogen and oxygen atoms in total. The second kappa shape index (κ2) is 9.74. The van der Waals surface area contributed by atoms with Crippen LogP contribution in [-0.4, -0.2) is 62.1 Å². The molecule has 1 saturated heterocycles. The first-order valence-corrected chi connectivity index (χ1v) is 11.1. The summed E-state index contributed by atoms with van der Waals surface area (Å²) < 4.78 is 8.01. The third-order valence-corrected chi connectivity index (χ3v) is 5.80. The van der Waals surface area contributed by atoms with E-state index in [0.29, 0.717) is 18.0 Å². The largest absolute Gasteiger partial charge is 0.471 e. The van der Waals surface area contributed by atoms with Crippen molar-refractivity contribution in [1.29, 1.82) is 0 Å². The number of piperazine rings is 1. The Balaban J connectivity index is 1.14. The minimum Gasteiger partial charge on any atom is -0.471 e. The van der Waals surface area contributed by atoms with Crippen LogP contribution in [0.15, 0.2) is 67.4 Å². The van der Waals surface area contributed by atoms with Gasteiger partial charge >= 0.3 is 0 Å². The highest BCUT2D eigenvalue weighted by atomic mass is 16.5. The quantitative estimate of drug-likeness (QED) is 0.426. The highest BCUT2D eigenvalue weighted by Crippen LogP contribution is 2.21. The third-order valence-electron chi connectivity index (χ3n) is 5.80. The third kappa shape index (κ3) is 4.70. The molecule has 1 aromatic carbocycles. The number of hydrogen-bond acceptors (Lipinski definition) is 7. The second-order valence-electron chi connectivity index (χ2n) is 7.93. The Morgan fingerprint density at radius 2 is 1.66 bits per heavy atom. The molecule has 32 heavy (non-hydrogen) atoms. The van der Waals surface area contributed by atoms with Crippen LogP contribution in [0.5, 0.6) is 5.88 Å². The summed E-state index contributed by atoms with van der Waals surface area (Å²) in [5, 5.41) is 0. The van der Waals surface area contributed by atoms with E-state index in [-0.39, 0.29) is 0 Å². The lowest BCUT2D eigenvalue weighted by atomic mass is 10.2. The van der Waals surface area contributed by atoms with Crippen LogP contribution in [0.3, 0.4) is 0 Å². The second-order valence-corrected chi connectivity index (χ2v) is 7.93. The van der Waals surface area contributed by atoms with Gasteiger partial charge in [0, 0.05) is 38.9 Å². The fourth-order valence-corrected chi connectivity index (χ4v) is 4.06. The lowest BCUT2D eigenvalue weighted by Crippen LogP contribution is -2.47. The highest BCUT2D eigenvalue weighted by Gasteiger charge is 2.18. The van der Waals surface area contributed by atoms with Crippen molar-refractivity contribution in [3.05, 3.63) is 72.9 Å². The van der Waals surface area contributed by atoms with Gasteiger partial charge < -0.3 is 14.2 Å². The van der Waals surface area contributed by atoms with Crippen LogP contribution in [0.1, 0.15) is 12.0 Å². The van der Waals surface area contributed by atoms with Crippen LogP contribution in [0.25, 0.3) is 11.2 Å². The first-order valence-electron chi connectivity index (χ1n) is 11.1. The fraction of sp³-hybridized carbons (Fsp3) is 0.333. The lowest BCUT2D eigenvalue weighted by Gasteiger charge is -2.35. The first-order chi connectivity index (χ1) is 15.9. The van der Waals surface area contributed by atoms with Crippen LogP contribution < -0.4 is 9.64 Å². The molecule has 0 amide bonds. The van der Waals surface area contributed by atoms with Gasteiger partial charge in [0.05, 0.1) is 6.33 Å². The fourth-order valence-electron chi connectivity index (χ4n) is 4.06. The molecule has 3 aromatic heterocycles. The van der Waals surface area contributed by atoms with Gasteiger partial charge in [-0.3, -0.25) is 4.90 Å². The maximum Gasteiger partial charge on any atom is 0.245 e. The van der Waals surface area contributed by atoms with Crippen molar-refractivity contribution in [2.45, 2.75) is 19.6 Å². The van der Waals surface area contributed by atoms with Crippen molar-refractivity contribution in [3.8, 4) is 5.88 Å². The van der Waals surface area contributed by atoms with Gasteiger partial charge in [0.25, 0.3) is 0 Å². The molecule has 164 valence electrons. The van der Waals surface area contributed by atoms with Gasteiger partial charge in [0.1, 0.15) is 18.8 Å². The van der Waals surface area contributed by atoms with Gasteiger partial charge in [0.15, 0.2) is 11.2 Å². The van der Waals surface area contributed by atoms with Crippen molar-refractivity contribution in [2.75, 3.05) is 37.6 Å². The topological polar surface area (TPSA) is 72.2 Å². The van der Waals surface area contributed by atoms with Gasteiger partial charge in [-0.2, -0.15) is 4.98 Å². The van der Waals surface area contributed by atoms with Crippen molar-refractivity contribution in [1.82, 2.24) is 29.4 Å². The maximum absolute atomic E-state index is 5.92. The van der Waals surface area contributed by atoms with E-state index < -0.39 is 0 Å². The number of aryl methyl sites for hydroxylation is 1. The number of rotatable bonds is 8. The Hall–Kier alpha value is -3.52. The summed E-state index contributed by atoms with van der Waals surface area (Å²) in [7, 11) is 0. The summed E-state index contributed by atoms with van der Waals surface area (Å²) in [6, 6.07) is 16.2. The number of nitrogens with zero attached hydrogens (tertiary/aromatic N) is 7. The van der Waals surface area contributed by atoms with Crippen LogP contribution in [0.2, 0.25) is 0 Å². The van der Waals surface area contributed by atoms with Crippen LogP contribution in [-0.2, 0) is 13.2 Å². The number of ether oxygens (including phenoxy) is 1. The van der Waals surface area contributed by atoms with Gasteiger partial charge in [-0.15, -0.1) is 0 Å². The number of imidazole rings is 1. The van der Waals surface area contributed by atoms with Crippen LogP contribution >= 0.6 is 0 Å². The zero-order valence-electron chi connectivity index (χ0n) is 18.0. The van der Waals surface area contributed by atoms with Crippen LogP contribution in [0.4, 0.5) is 5.82 Å². The van der Waals surface area contributed by atoms with E-state index in [1.54, 1.807) is 6.33 Å². The number of benzene rings is 1. The summed E-state index contributed by atoms with van der Waals surface area (Å²) in [6.45, 7) is 6.52. The van der Waals surface area contributed by atoms with E-state index in [2.05, 4.69) is 40.4 Å². The predicted octanol–water partition coefficient (Wildman–Crippen LogP) is 3.01. The Morgan fingerprint density at radius 3 is 2.47 bits per heavy atom. The summed E-state index contributed by atoms with van der Waals surface area (Å²) in [5.74, 6) is 1.60. The van der Waals surface area contributed by atoms with Crippen molar-refractivity contribution in [3.63, 3.8) is 0 Å². The molecule has 0 bridgehead atoms. The summed E-state index contributed by atoms with van der Waals surface area (Å²) >= 11 is 0. The van der Waals surface area contributed by atoms with Crippen molar-refractivity contribution >= 4 is 17.0 Å². The predicted molar refractivity (Wildman–Crippen MR) is 124 cm³/mol. The van der Waals surface area contributed by atoms with E-state index >= 15 is 0 Å². The zero-order valence-corrected chi connectivity index (χ0v) is 18.0. The summed E-state index contributed by atoms with van der Waals surface area (Å²) in [4.78, 5) is 22.6. The SMILES string of the molecule is c1ccc(COc2ncnc3c2ncn3CCCN2CCN(c3ccccn3)CC2)cc1. The molecule has 4 heterocycles. The van der Waals surface area contributed by atoms with Gasteiger partial charge in [-0.05, 0) is 30.7 Å². The van der Waals surface area contributed by atoms with E-state index in [9.17, 15) is 0 Å². The van der Waals surface area contributed by atoms with E-state index in [4.69, 9.17) is 4.74 Å². The molecular formula is C24H27N7O. The molecule has 0 aliphatic carbocycles. The van der Waals surface area contributed by atoms with Gasteiger partial charge in [-0.25, -0.2) is 15.0 Å². The van der Waals surface area contributed by atoms with Crippen molar-refractivity contribution in [2.24, 2.45) is 0 Å². The average Bonchev–Trinajstić information content (AvgIpc) is 3.28. The molecule has 0 spiro atoms. The monoisotopic (exact) mass is 429 g/mol. The van der Waals surface area contributed by atoms with E-state index in [0.717, 1.165) is 62.7 Å². The highest BCUT2D eigenvalue weighted by molar-refractivity contribution is 5.75. The minimum absolute atomic E-state index is 0.463. The summed E-state index contributed by atoms with van der Waals surface area (Å²) in [6.07, 6.45) is 6.30. The number of hydrogen-bond donors (Lipinski definition) is 0. The first kappa shape index (κ1) is 20.4. The van der Waals surface area contributed by atoms with Gasteiger partial charge in [-0.1, -0.05) is 36.4 Å². The standard InChI is InChI=1S/C24H27N7O/c1-2-7-20(8-3-1)17-32-24-22-23(26-18-27-24)31(19-28-22)12-6-11-29-13-15-30(16-14-29)21-9-4-5-10-25-21/h1-5,7-10,18-19H,6,11-17H2. The van der Waals surface area contributed by atoms with Crippen LogP contribution in [0, 0.1) is 0 Å². The Morgan fingerprint density at radius 1 is 0.812 bits per heavy atom. The Kier molecular flexibility index (Phi) is 6.20. The maximum atomic E-state index is 5.92. The molecule has 1 aliphatic rings. The number of fused-ring (bicyclic) bond motifs is 1. The molecular weight excluding hydrogens is 402 g/mol. The molecule has 1 fully saturated rings. The minimum atomic E-state index is 0.463. The molecule has 0 saturated carbocycles. The molecule has 8 heteroatoms. The normalized spacial score (nSPS) is 14.7. The lowest BCUT2D eigenvalue weighted by molar-refractivity contribution is 0.250. The summed E-state index contributed by atoms with van der Waals surface area (Å²) in [5.41, 5.74) is 2.64. The molecule has 4 aromatic rings. The number of anilines is 1. The molecule has 0 radical (unpaired) electrons. The number of aromatic nitrogens is 5. The molecule has 1 aliphatic heterocycles. The molecule has 0 N–H and O–H groups in total. The Bertz CT molecular complexity index is 1130. The molecule has 5 rings (SSSR count). The molecule has 0 unspecified atom stereocenters. The molecule has 0 atom stereocenters. The van der Waals surface area contributed by atoms with E-state index in [1.165, 1.54) is 0 Å². The number of pyridine rings is 1. The van der Waals surface area contributed by atoms with E-state index in [1.807, 2.05) is 55.0 Å². The van der Waals surface area contributed by atoms with Crippen molar-refractivity contribution < 1.29 is 4.74 Å². The zero-order chi connectivity index (χ0) is 21.6. The Labute approximate surface area is 187 Å².